The number of halogens is 5. The van der Waals surface area contributed by atoms with Gasteiger partial charge < -0.3 is 9.30 Å². The second-order valence-electron chi connectivity index (χ2n) is 8.38. The number of ether oxygens (including phenoxy) is 1. The Balaban J connectivity index is 1.66. The van der Waals surface area contributed by atoms with E-state index < -0.39 is 18.7 Å². The van der Waals surface area contributed by atoms with E-state index in [-0.39, 0.29) is 30.6 Å². The van der Waals surface area contributed by atoms with E-state index in [1.54, 1.807) is 6.07 Å². The monoisotopic (exact) mass is 490 g/mol. The van der Waals surface area contributed by atoms with Crippen LogP contribution in [0.3, 0.4) is 0 Å². The molecular weight excluding hydrogens is 469 g/mol. The maximum absolute atomic E-state index is 12.7. The summed E-state index contributed by atoms with van der Waals surface area (Å²) in [6.07, 6.45) is 1.08. The predicted octanol–water partition coefficient (Wildman–Crippen LogP) is 6.72. The lowest BCUT2D eigenvalue weighted by Gasteiger charge is -2.29. The molecule has 1 atom stereocenters. The summed E-state index contributed by atoms with van der Waals surface area (Å²) in [6.45, 7) is -1.84. The highest BCUT2D eigenvalue weighted by molar-refractivity contribution is 5.94. The fourth-order valence-electron chi connectivity index (χ4n) is 3.85. The topological polar surface area (TPSA) is 68.1 Å². The summed E-state index contributed by atoms with van der Waals surface area (Å²) >= 11 is 0. The fraction of sp³-hybridized carbons (Fsp3) is 0.417. The van der Waals surface area contributed by atoms with Crippen molar-refractivity contribution in [3.05, 3.63) is 46.6 Å². The molecule has 1 aromatic carbocycles. The Hall–Kier alpha value is -3.73. The van der Waals surface area contributed by atoms with Gasteiger partial charge in [0.1, 0.15) is 17.5 Å². The zero-order chi connectivity index (χ0) is 25.2. The van der Waals surface area contributed by atoms with Crippen LogP contribution >= 0.6 is 0 Å². The third-order valence-corrected chi connectivity index (χ3v) is 6.00. The van der Waals surface area contributed by atoms with E-state index in [4.69, 9.17) is 0 Å². The highest BCUT2D eigenvalue weighted by atomic mass is 19.4. The number of hydrogen-bond donors (Lipinski definition) is 0. The van der Waals surface area contributed by atoms with Crippen molar-refractivity contribution in [3.63, 3.8) is 0 Å². The average Bonchev–Trinajstić information content (AvgIpc) is 3.08. The van der Waals surface area contributed by atoms with Crippen LogP contribution in [0.1, 0.15) is 49.8 Å². The first-order valence-corrected chi connectivity index (χ1v) is 11.0. The van der Waals surface area contributed by atoms with Crippen molar-refractivity contribution in [1.82, 2.24) is 14.5 Å². The Bertz CT molecular complexity index is 1310. The number of hydrogen-bond acceptors (Lipinski definition) is 4. The van der Waals surface area contributed by atoms with Crippen molar-refractivity contribution in [2.24, 2.45) is 5.92 Å². The Morgan fingerprint density at radius 3 is 2.51 bits per heavy atom. The molecule has 0 radical (unpaired) electrons. The molecule has 0 aliphatic heterocycles. The summed E-state index contributed by atoms with van der Waals surface area (Å²) in [7, 11) is 0. The maximum Gasteiger partial charge on any atom is 0.392 e. The van der Waals surface area contributed by atoms with Crippen LogP contribution in [0.15, 0.2) is 30.6 Å². The minimum absolute atomic E-state index is 0.00756. The SMILES string of the molecule is CC(CC#[N+]Cc1cnc(-c2c(C#N)c3ccc(OC(F)F)cc3n2C2CCC2)nc1)C(F)(F)F. The number of fused-ring (bicyclic) bond motifs is 1. The van der Waals surface area contributed by atoms with Gasteiger partial charge in [-0.15, -0.1) is 0 Å². The number of alkyl halides is 5. The molecule has 0 amide bonds. The lowest BCUT2D eigenvalue weighted by atomic mass is 9.92. The minimum atomic E-state index is -4.29. The van der Waals surface area contributed by atoms with Gasteiger partial charge in [0.05, 0.1) is 29.0 Å². The van der Waals surface area contributed by atoms with Crippen LogP contribution in [0.4, 0.5) is 22.0 Å². The number of rotatable bonds is 6. The largest absolute Gasteiger partial charge is 0.435 e. The van der Waals surface area contributed by atoms with Gasteiger partial charge in [-0.25, -0.2) is 9.97 Å². The van der Waals surface area contributed by atoms with Crippen LogP contribution in [-0.2, 0) is 6.54 Å². The molecule has 2 heterocycles. The summed E-state index contributed by atoms with van der Waals surface area (Å²) in [6, 6.07) is 9.13. The molecule has 4 rings (SSSR count). The van der Waals surface area contributed by atoms with Crippen molar-refractivity contribution < 1.29 is 26.7 Å². The number of nitriles is 1. The summed E-state index contributed by atoms with van der Waals surface area (Å²) in [5, 5.41) is 10.5. The first-order valence-electron chi connectivity index (χ1n) is 11.0. The van der Waals surface area contributed by atoms with Crippen LogP contribution < -0.4 is 4.74 Å². The van der Waals surface area contributed by atoms with Gasteiger partial charge in [-0.1, -0.05) is 11.8 Å². The first-order chi connectivity index (χ1) is 16.7. The van der Waals surface area contributed by atoms with Crippen molar-refractivity contribution >= 4 is 10.9 Å². The summed E-state index contributed by atoms with van der Waals surface area (Å²) in [4.78, 5) is 12.7. The Kier molecular flexibility index (Phi) is 6.88. The minimum Gasteiger partial charge on any atom is -0.435 e. The van der Waals surface area contributed by atoms with E-state index in [1.165, 1.54) is 24.5 Å². The quantitative estimate of drug-likeness (QED) is 0.360. The van der Waals surface area contributed by atoms with Gasteiger partial charge in [0.2, 0.25) is 0 Å². The molecule has 2 aromatic heterocycles. The molecule has 0 spiro atoms. The first kappa shape index (κ1) is 24.4. The Morgan fingerprint density at radius 2 is 1.94 bits per heavy atom. The van der Waals surface area contributed by atoms with Crippen molar-refractivity contribution in [1.29, 1.82) is 5.26 Å². The van der Waals surface area contributed by atoms with Gasteiger partial charge in [0.15, 0.2) is 5.82 Å². The zero-order valence-corrected chi connectivity index (χ0v) is 18.7. The van der Waals surface area contributed by atoms with Gasteiger partial charge >= 0.3 is 12.8 Å². The van der Waals surface area contributed by atoms with Crippen LogP contribution in [0.5, 0.6) is 5.75 Å². The Morgan fingerprint density at radius 1 is 1.23 bits per heavy atom. The highest BCUT2D eigenvalue weighted by Crippen LogP contribution is 2.42. The third-order valence-electron chi connectivity index (χ3n) is 6.00. The molecule has 0 N–H and O–H groups in total. The third kappa shape index (κ3) is 5.19. The van der Waals surface area contributed by atoms with Crippen LogP contribution in [0.25, 0.3) is 27.3 Å². The van der Waals surface area contributed by atoms with E-state index in [9.17, 15) is 27.2 Å². The normalized spacial score (nSPS) is 14.8. The summed E-state index contributed by atoms with van der Waals surface area (Å²) in [5.41, 5.74) is 1.97. The second kappa shape index (κ2) is 9.87. The smallest absolute Gasteiger partial charge is 0.392 e. The van der Waals surface area contributed by atoms with Crippen molar-refractivity contribution in [2.75, 3.05) is 0 Å². The molecule has 3 aromatic rings. The molecule has 6 nitrogen and oxygen atoms in total. The molecular formula is C24H21F5N5O+. The molecule has 1 aliphatic carbocycles. The number of benzene rings is 1. The Labute approximate surface area is 197 Å². The molecule has 35 heavy (non-hydrogen) atoms. The van der Waals surface area contributed by atoms with E-state index in [2.05, 4.69) is 31.7 Å². The van der Waals surface area contributed by atoms with Gasteiger partial charge in [-0.3, -0.25) is 0 Å². The lowest BCUT2D eigenvalue weighted by Crippen LogP contribution is -2.18. The van der Waals surface area contributed by atoms with Gasteiger partial charge in [0, 0.05) is 29.9 Å². The van der Waals surface area contributed by atoms with Gasteiger partial charge in [-0.2, -0.15) is 27.2 Å². The molecule has 1 saturated carbocycles. The molecule has 1 unspecified atom stereocenters. The van der Waals surface area contributed by atoms with Crippen LogP contribution in [-0.4, -0.2) is 27.3 Å². The number of nitrogens with zero attached hydrogens (tertiary/aromatic N) is 5. The number of aromatic nitrogens is 3. The van der Waals surface area contributed by atoms with Crippen LogP contribution in [0, 0.1) is 23.3 Å². The maximum atomic E-state index is 12.7. The van der Waals surface area contributed by atoms with Gasteiger partial charge in [0.25, 0.3) is 12.6 Å². The van der Waals surface area contributed by atoms with E-state index in [1.807, 2.05) is 4.57 Å². The molecule has 0 saturated heterocycles. The van der Waals surface area contributed by atoms with E-state index >= 15 is 0 Å². The summed E-state index contributed by atoms with van der Waals surface area (Å²) in [5.74, 6) is -1.26. The molecule has 0 bridgehead atoms. The fourth-order valence-corrected chi connectivity index (χ4v) is 3.85. The second-order valence-corrected chi connectivity index (χ2v) is 8.38. The standard InChI is InChI=1S/C24H21F5N5O/c1-14(24(27,28)29)7-8-31-11-15-12-32-22(33-13-15)21-19(10-30)18-6-5-17(35-23(25)26)9-20(18)34(21)16-3-2-4-16/h5-6,9,12-14,16,23H,2-4,7,11H2,1H3/q+1. The molecule has 1 aliphatic rings. The van der Waals surface area contributed by atoms with Crippen molar-refractivity contribution in [3.8, 4) is 29.4 Å². The average molecular weight is 490 g/mol. The zero-order valence-electron chi connectivity index (χ0n) is 18.7. The molecule has 1 fully saturated rings. The lowest BCUT2D eigenvalue weighted by molar-refractivity contribution is -0.167. The van der Waals surface area contributed by atoms with Gasteiger partial charge in [-0.05, 0) is 31.4 Å². The highest BCUT2D eigenvalue weighted by Gasteiger charge is 2.36. The predicted molar refractivity (Wildman–Crippen MR) is 118 cm³/mol. The van der Waals surface area contributed by atoms with Crippen molar-refractivity contribution in [2.45, 2.75) is 58.0 Å². The molecule has 11 heteroatoms. The van der Waals surface area contributed by atoms with Crippen LogP contribution in [0.2, 0.25) is 0 Å². The summed E-state index contributed by atoms with van der Waals surface area (Å²) < 4.78 is 69.7. The van der Waals surface area contributed by atoms with E-state index in [0.29, 0.717) is 27.7 Å². The molecule has 182 valence electrons. The van der Waals surface area contributed by atoms with E-state index in [0.717, 1.165) is 26.2 Å².